The molecule has 0 amide bonds. The maximum atomic E-state index is 11.0. The molecule has 0 aliphatic carbocycles. The molecule has 2 rings (SSSR count). The van der Waals surface area contributed by atoms with E-state index >= 15 is 0 Å². The molecule has 7 heteroatoms. The molecule has 1 heterocycles. The van der Waals surface area contributed by atoms with Crippen LogP contribution in [0.15, 0.2) is 24.3 Å². The van der Waals surface area contributed by atoms with Gasteiger partial charge in [-0.15, -0.1) is 0 Å². The molecule has 0 spiro atoms. The molecule has 0 N–H and O–H groups in total. The van der Waals surface area contributed by atoms with Crippen LogP contribution in [-0.4, -0.2) is 11.9 Å². The first-order valence-electron chi connectivity index (χ1n) is 4.64. The predicted molar refractivity (Wildman–Crippen MR) is 76.5 cm³/mol. The summed E-state index contributed by atoms with van der Waals surface area (Å²) in [5, 5.41) is 0. The van der Waals surface area contributed by atoms with Gasteiger partial charge in [-0.3, -0.25) is 0 Å². The van der Waals surface area contributed by atoms with Gasteiger partial charge in [0.15, 0.2) is 0 Å². The summed E-state index contributed by atoms with van der Waals surface area (Å²) >= 11 is -4.80. The van der Waals surface area contributed by atoms with Crippen molar-refractivity contribution in [3.05, 3.63) is 31.4 Å². The number of hydrogen-bond donors (Lipinski definition) is 0. The van der Waals surface area contributed by atoms with E-state index in [-0.39, 0.29) is 11.9 Å². The van der Waals surface area contributed by atoms with E-state index in [2.05, 4.69) is 0 Å². The second-order valence-electron chi connectivity index (χ2n) is 3.04. The number of rotatable bonds is 2. The summed E-state index contributed by atoms with van der Waals surface area (Å²) in [7, 11) is 0. The van der Waals surface area contributed by atoms with E-state index in [0.29, 0.717) is 0 Å². The summed E-state index contributed by atoms with van der Waals surface area (Å²) in [6.07, 6.45) is 0. The summed E-state index contributed by atoms with van der Waals surface area (Å²) in [6.45, 7) is 2.71. The second kappa shape index (κ2) is 5.48. The third-order valence-electron chi connectivity index (χ3n) is 1.62. The van der Waals surface area contributed by atoms with E-state index in [1.807, 2.05) is 24.3 Å². The van der Waals surface area contributed by atoms with Gasteiger partial charge in [0.1, 0.15) is 0 Å². The van der Waals surface area contributed by atoms with Crippen molar-refractivity contribution < 1.29 is 17.1 Å². The van der Waals surface area contributed by atoms with Gasteiger partial charge in [0.25, 0.3) is 0 Å². The summed E-state index contributed by atoms with van der Waals surface area (Å²) in [6, 6.07) is 7.49. The Hall–Kier alpha value is -0.420. The Labute approximate surface area is 115 Å². The zero-order valence-electron chi connectivity index (χ0n) is 9.11. The van der Waals surface area contributed by atoms with Gasteiger partial charge in [-0.2, -0.15) is 0 Å². The molecule has 0 fully saturated rings. The number of benzene rings is 1. The van der Waals surface area contributed by atoms with Gasteiger partial charge in [-0.05, 0) is 0 Å². The molecule has 0 bridgehead atoms. The van der Waals surface area contributed by atoms with Crippen molar-refractivity contribution >= 4 is 53.2 Å². The first kappa shape index (κ1) is 13.0. The molecule has 5 nitrogen and oxygen atoms in total. The van der Waals surface area contributed by atoms with Gasteiger partial charge in [0.2, 0.25) is 0 Å². The first-order valence-corrected chi connectivity index (χ1v) is 10.3. The van der Waals surface area contributed by atoms with Crippen molar-refractivity contribution in [1.82, 2.24) is 0 Å². The third kappa shape index (κ3) is 3.07. The fraction of sp³-hybridized carbons (Fsp3) is 0.200. The molecule has 1 aromatic rings. The van der Waals surface area contributed by atoms with Crippen LogP contribution in [-0.2, 0) is 17.1 Å². The van der Waals surface area contributed by atoms with Crippen LogP contribution in [0, 0.1) is 7.14 Å². The number of carbonyl (C=O) groups is 2. The van der Waals surface area contributed by atoms with E-state index in [9.17, 15) is 9.59 Å². The topological polar surface area (TPSA) is 61.8 Å². The average molecular weight is 464 g/mol. The molecule has 0 aromatic heterocycles. The summed E-state index contributed by atoms with van der Waals surface area (Å²) in [4.78, 5) is 22.0. The van der Waals surface area contributed by atoms with Crippen LogP contribution in [0.25, 0.3) is 0 Å². The zero-order valence-corrected chi connectivity index (χ0v) is 13.4. The Bertz CT molecular complexity index is 421. The van der Waals surface area contributed by atoms with E-state index in [4.69, 9.17) is 7.53 Å². The van der Waals surface area contributed by atoms with Crippen molar-refractivity contribution in [3.63, 3.8) is 0 Å². The van der Waals surface area contributed by atoms with Crippen molar-refractivity contribution in [2.24, 2.45) is 0 Å². The normalized spacial score (nSPS) is 17.5. The molecule has 0 saturated heterocycles. The van der Waals surface area contributed by atoms with Gasteiger partial charge in [0.05, 0.1) is 0 Å². The first-order chi connectivity index (χ1) is 8.08. The minimum absolute atomic E-state index is 0.356. The van der Waals surface area contributed by atoms with Crippen molar-refractivity contribution in [1.29, 1.82) is 0 Å². The Morgan fingerprint density at radius 1 is 1.00 bits per heavy atom. The van der Waals surface area contributed by atoms with Crippen LogP contribution >= 0.6 is 41.3 Å². The number of carbonyl (C=O) groups excluding carboxylic acids is 2. The second-order valence-corrected chi connectivity index (χ2v) is 11.3. The Kier molecular flexibility index (Phi) is 4.20. The van der Waals surface area contributed by atoms with Crippen LogP contribution in [0.3, 0.4) is 0 Å². The van der Waals surface area contributed by atoms with Crippen LogP contribution in [0.2, 0.25) is 0 Å². The van der Waals surface area contributed by atoms with E-state index < -0.39 is 41.3 Å². The Morgan fingerprint density at radius 2 is 1.41 bits per heavy atom. The molecule has 0 unspecified atom stereocenters. The monoisotopic (exact) mass is 464 g/mol. The molecule has 0 radical (unpaired) electrons. The van der Waals surface area contributed by atoms with Crippen molar-refractivity contribution in [3.8, 4) is 0 Å². The molecule has 1 aliphatic heterocycles. The summed E-state index contributed by atoms with van der Waals surface area (Å²) < 4.78 is 17.9. The van der Waals surface area contributed by atoms with Gasteiger partial charge >= 0.3 is 116 Å². The fourth-order valence-corrected chi connectivity index (χ4v) is 13.1. The van der Waals surface area contributed by atoms with Crippen LogP contribution in [0.5, 0.6) is 0 Å². The molecular weight excluding hydrogens is 454 g/mol. The van der Waals surface area contributed by atoms with Crippen molar-refractivity contribution in [2.75, 3.05) is 0 Å². The van der Waals surface area contributed by atoms with E-state index in [1.165, 1.54) is 13.8 Å². The molecule has 17 heavy (non-hydrogen) atoms. The molecule has 94 valence electrons. The minimum atomic E-state index is -2.40. The Morgan fingerprint density at radius 3 is 1.76 bits per heavy atom. The molecule has 1 aliphatic rings. The van der Waals surface area contributed by atoms with Crippen LogP contribution in [0.4, 0.5) is 0 Å². The van der Waals surface area contributed by atoms with Crippen LogP contribution in [0.1, 0.15) is 13.8 Å². The fourth-order valence-electron chi connectivity index (χ4n) is 1.10. The number of hydrogen-bond acceptors (Lipinski definition) is 5. The zero-order chi connectivity index (χ0) is 12.4. The Balaban J connectivity index is 2.26. The van der Waals surface area contributed by atoms with Gasteiger partial charge in [-0.25, -0.2) is 0 Å². The maximum absolute atomic E-state index is 11.0. The van der Waals surface area contributed by atoms with Crippen LogP contribution < -0.4 is 0 Å². The van der Waals surface area contributed by atoms with Gasteiger partial charge < -0.3 is 0 Å². The van der Waals surface area contributed by atoms with Crippen molar-refractivity contribution in [2.45, 2.75) is 13.8 Å². The average Bonchev–Trinajstić information content (AvgIpc) is 2.56. The standard InChI is InChI=1S/C10H10I2O5/c1-7(13)15-11-9-5-3-4-6-10(9)12(17-11)16-8(2)14/h3-6H,1-2H3. The summed E-state index contributed by atoms with van der Waals surface area (Å²) in [5.41, 5.74) is 0. The molecule has 1 aromatic carbocycles. The summed E-state index contributed by atoms with van der Waals surface area (Å²) in [5.74, 6) is -0.712. The third-order valence-corrected chi connectivity index (χ3v) is 13.1. The molecular formula is C10H10I2O5. The quantitative estimate of drug-likeness (QED) is 0.631. The number of fused-ring (bicyclic) bond motifs is 1. The van der Waals surface area contributed by atoms with Gasteiger partial charge in [0, 0.05) is 0 Å². The number of halogens is 2. The molecule has 0 saturated carbocycles. The molecule has 0 atom stereocenters. The predicted octanol–water partition coefficient (Wildman–Crippen LogP) is 2.86. The van der Waals surface area contributed by atoms with Gasteiger partial charge in [-0.1, -0.05) is 0 Å². The van der Waals surface area contributed by atoms with E-state index in [0.717, 1.165) is 7.14 Å². The SMILES string of the molecule is CC(=O)OI1OI(OC(C)=O)c2ccccc21. The van der Waals surface area contributed by atoms with E-state index in [1.54, 1.807) is 0 Å².